The predicted molar refractivity (Wildman–Crippen MR) is 64.6 cm³/mol. The van der Waals surface area contributed by atoms with E-state index in [-0.39, 0.29) is 11.5 Å². The molecule has 7 nitrogen and oxygen atoms in total. The van der Waals surface area contributed by atoms with Crippen molar-refractivity contribution in [3.63, 3.8) is 0 Å². The molecule has 8 heteroatoms. The minimum atomic E-state index is -3.88. The second kappa shape index (κ2) is 5.27. The van der Waals surface area contributed by atoms with Crippen LogP contribution in [0.2, 0.25) is 0 Å². The van der Waals surface area contributed by atoms with E-state index in [4.69, 9.17) is 14.6 Å². The number of ether oxygens (including phenoxy) is 2. The highest BCUT2D eigenvalue weighted by Gasteiger charge is 2.31. The summed E-state index contributed by atoms with van der Waals surface area (Å²) in [5.41, 5.74) is -0.545. The number of carbonyl (C=O) groups excluding carboxylic acids is 1. The molecule has 0 aliphatic carbocycles. The predicted octanol–water partition coefficient (Wildman–Crippen LogP) is 0.375. The van der Waals surface area contributed by atoms with Crippen molar-refractivity contribution in [2.45, 2.75) is 4.90 Å². The van der Waals surface area contributed by atoms with Crippen molar-refractivity contribution >= 4 is 21.6 Å². The zero-order valence-corrected chi connectivity index (χ0v) is 11.3. The smallest absolute Gasteiger partial charge is 0.377 e. The number of hydrogen-bond donors (Lipinski definition) is 1. The topological polar surface area (TPSA) is 107 Å². The van der Waals surface area contributed by atoms with Gasteiger partial charge in [0.1, 0.15) is 16.4 Å². The molecule has 0 fully saturated rings. The molecule has 0 heterocycles. The lowest BCUT2D eigenvalue weighted by Gasteiger charge is -2.13. The number of carboxylic acids is 1. The number of sulfone groups is 1. The van der Waals surface area contributed by atoms with Gasteiger partial charge in [0.15, 0.2) is 9.84 Å². The Hall–Kier alpha value is -2.09. The molecule has 0 aromatic heterocycles. The van der Waals surface area contributed by atoms with Crippen LogP contribution in [0, 0.1) is 0 Å². The third kappa shape index (κ3) is 2.84. The largest absolute Gasteiger partial charge is 0.496 e. The Morgan fingerprint density at radius 2 is 1.58 bits per heavy atom. The van der Waals surface area contributed by atoms with Gasteiger partial charge in [0, 0.05) is 6.26 Å². The summed E-state index contributed by atoms with van der Waals surface area (Å²) in [6.07, 6.45) is 0.850. The lowest BCUT2D eigenvalue weighted by atomic mass is 10.1. The van der Waals surface area contributed by atoms with Crippen molar-refractivity contribution < 1.29 is 32.6 Å². The van der Waals surface area contributed by atoms with Gasteiger partial charge in [-0.3, -0.25) is 4.79 Å². The molecule has 0 aliphatic heterocycles. The van der Waals surface area contributed by atoms with Gasteiger partial charge in [0.05, 0.1) is 19.8 Å². The fraction of sp³-hybridized carbons (Fsp3) is 0.273. The van der Waals surface area contributed by atoms with Crippen LogP contribution >= 0.6 is 0 Å². The summed E-state index contributed by atoms with van der Waals surface area (Å²) in [6, 6.07) is 2.55. The van der Waals surface area contributed by atoms with Crippen LogP contribution < -0.4 is 9.47 Å². The highest BCUT2D eigenvalue weighted by atomic mass is 32.2. The second-order valence-electron chi connectivity index (χ2n) is 3.58. The number of benzene rings is 1. The Balaban J connectivity index is 3.83. The first-order chi connectivity index (χ1) is 8.73. The summed E-state index contributed by atoms with van der Waals surface area (Å²) in [6.45, 7) is 0. The first-order valence-corrected chi connectivity index (χ1v) is 6.85. The Morgan fingerprint density at radius 1 is 1.11 bits per heavy atom. The molecule has 0 saturated carbocycles. The number of methoxy groups -OCH3 is 2. The monoisotopic (exact) mass is 288 g/mol. The minimum absolute atomic E-state index is 0.118. The zero-order valence-electron chi connectivity index (χ0n) is 10.5. The van der Waals surface area contributed by atoms with E-state index in [1.54, 1.807) is 0 Å². The number of carboxylic acid groups (broad SMARTS) is 1. The number of rotatable bonds is 5. The molecule has 1 aromatic rings. The van der Waals surface area contributed by atoms with E-state index in [1.165, 1.54) is 26.4 Å². The fourth-order valence-electron chi connectivity index (χ4n) is 1.57. The first kappa shape index (κ1) is 15.0. The summed E-state index contributed by atoms with van der Waals surface area (Å²) < 4.78 is 33.2. The lowest BCUT2D eigenvalue weighted by Crippen LogP contribution is -2.18. The minimum Gasteiger partial charge on any atom is -0.496 e. The number of ketones is 1. The van der Waals surface area contributed by atoms with Crippen LogP contribution in [0.5, 0.6) is 11.5 Å². The van der Waals surface area contributed by atoms with E-state index in [2.05, 4.69) is 0 Å². The van der Waals surface area contributed by atoms with Crippen LogP contribution in [0.15, 0.2) is 17.0 Å². The third-order valence-corrected chi connectivity index (χ3v) is 3.46. The van der Waals surface area contributed by atoms with E-state index in [0.29, 0.717) is 0 Å². The summed E-state index contributed by atoms with van der Waals surface area (Å²) in [5.74, 6) is -3.42. The summed E-state index contributed by atoms with van der Waals surface area (Å²) in [7, 11) is -1.46. The molecule has 104 valence electrons. The quantitative estimate of drug-likeness (QED) is 0.616. The van der Waals surface area contributed by atoms with Gasteiger partial charge < -0.3 is 14.6 Å². The van der Waals surface area contributed by atoms with Crippen molar-refractivity contribution in [1.82, 2.24) is 0 Å². The van der Waals surface area contributed by atoms with E-state index < -0.39 is 32.0 Å². The number of carbonyl (C=O) groups is 2. The molecule has 0 amide bonds. The van der Waals surface area contributed by atoms with Gasteiger partial charge in [-0.05, 0) is 12.1 Å². The Labute approximate surface area is 109 Å². The lowest BCUT2D eigenvalue weighted by molar-refractivity contribution is -0.131. The average Bonchev–Trinajstić information content (AvgIpc) is 2.34. The summed E-state index contributed by atoms with van der Waals surface area (Å²) >= 11 is 0. The molecule has 0 aliphatic rings. The maximum absolute atomic E-state index is 11.7. The maximum atomic E-state index is 11.7. The van der Waals surface area contributed by atoms with Crippen molar-refractivity contribution in [2.24, 2.45) is 0 Å². The van der Waals surface area contributed by atoms with Gasteiger partial charge in [0.25, 0.3) is 5.78 Å². The first-order valence-electron chi connectivity index (χ1n) is 4.96. The van der Waals surface area contributed by atoms with Crippen molar-refractivity contribution in [2.75, 3.05) is 20.5 Å². The van der Waals surface area contributed by atoms with Crippen LogP contribution in [0.3, 0.4) is 0 Å². The Morgan fingerprint density at radius 3 is 1.95 bits per heavy atom. The highest BCUT2D eigenvalue weighted by molar-refractivity contribution is 7.91. The molecule has 0 bridgehead atoms. The van der Waals surface area contributed by atoms with E-state index in [1.807, 2.05) is 0 Å². The SMILES string of the molecule is COc1ccc(OC)c(S(C)(=O)=O)c1C(=O)C(=O)O. The van der Waals surface area contributed by atoms with Gasteiger partial charge in [-0.15, -0.1) is 0 Å². The Kier molecular flexibility index (Phi) is 4.15. The molecular formula is C11H12O7S. The molecular weight excluding hydrogens is 276 g/mol. The Bertz CT molecular complexity index is 631. The molecule has 1 aromatic carbocycles. The van der Waals surface area contributed by atoms with E-state index in [0.717, 1.165) is 6.26 Å². The number of Topliss-reactive ketones (excluding diaryl/α,β-unsaturated/α-hetero) is 1. The normalized spacial score (nSPS) is 10.9. The van der Waals surface area contributed by atoms with Gasteiger partial charge >= 0.3 is 5.97 Å². The standard InChI is InChI=1S/C11H12O7S/c1-17-6-4-5-7(18-2)10(19(3,15)16)8(6)9(12)11(13)14/h4-5H,1-3H3,(H,13,14). The van der Waals surface area contributed by atoms with Crippen molar-refractivity contribution in [1.29, 1.82) is 0 Å². The zero-order chi connectivity index (χ0) is 14.8. The van der Waals surface area contributed by atoms with Gasteiger partial charge in [-0.2, -0.15) is 0 Å². The van der Waals surface area contributed by atoms with Crippen LogP contribution in [-0.4, -0.2) is 45.8 Å². The average molecular weight is 288 g/mol. The van der Waals surface area contributed by atoms with Crippen LogP contribution in [-0.2, 0) is 14.6 Å². The van der Waals surface area contributed by atoms with E-state index >= 15 is 0 Å². The second-order valence-corrected chi connectivity index (χ2v) is 5.53. The molecule has 0 atom stereocenters. The molecule has 0 spiro atoms. The molecule has 1 N–H and O–H groups in total. The van der Waals surface area contributed by atoms with Crippen LogP contribution in [0.4, 0.5) is 0 Å². The number of hydrogen-bond acceptors (Lipinski definition) is 6. The van der Waals surface area contributed by atoms with Gasteiger partial charge in [-0.25, -0.2) is 13.2 Å². The summed E-state index contributed by atoms with van der Waals surface area (Å²) in [4.78, 5) is 22.0. The molecule has 0 saturated heterocycles. The van der Waals surface area contributed by atoms with E-state index in [9.17, 15) is 18.0 Å². The highest BCUT2D eigenvalue weighted by Crippen LogP contribution is 2.34. The van der Waals surface area contributed by atoms with Gasteiger partial charge in [0.2, 0.25) is 0 Å². The number of aliphatic carboxylic acids is 1. The third-order valence-electron chi connectivity index (χ3n) is 2.32. The van der Waals surface area contributed by atoms with Crippen molar-refractivity contribution in [3.8, 4) is 11.5 Å². The van der Waals surface area contributed by atoms with Crippen LogP contribution in [0.25, 0.3) is 0 Å². The summed E-state index contributed by atoms with van der Waals surface area (Å²) in [5, 5.41) is 8.77. The van der Waals surface area contributed by atoms with Gasteiger partial charge in [-0.1, -0.05) is 0 Å². The van der Waals surface area contributed by atoms with Crippen LogP contribution in [0.1, 0.15) is 10.4 Å². The molecule has 0 unspecified atom stereocenters. The fourth-order valence-corrected chi connectivity index (χ4v) is 2.65. The molecule has 0 radical (unpaired) electrons. The van der Waals surface area contributed by atoms with Crippen molar-refractivity contribution in [3.05, 3.63) is 17.7 Å². The molecule has 19 heavy (non-hydrogen) atoms. The molecule has 1 rings (SSSR count). The maximum Gasteiger partial charge on any atom is 0.377 e.